The summed E-state index contributed by atoms with van der Waals surface area (Å²) >= 11 is 0. The molecule has 0 spiro atoms. The molecule has 1 aromatic carbocycles. The van der Waals surface area contributed by atoms with Crippen molar-refractivity contribution < 1.29 is 9.59 Å². The van der Waals surface area contributed by atoms with Crippen LogP contribution in [0.4, 0.5) is 16.2 Å². The Labute approximate surface area is 120 Å². The van der Waals surface area contributed by atoms with Crippen molar-refractivity contribution in [2.75, 3.05) is 10.6 Å². The quantitative estimate of drug-likeness (QED) is 0.600. The number of carbonyl (C=O) groups excluding carboxylic acids is 2. The molecule has 0 saturated carbocycles. The molecule has 4 rings (SSSR count). The minimum Gasteiger partial charge on any atom is -0.399 e. The first kappa shape index (κ1) is 12.0. The molecule has 7 nitrogen and oxygen atoms in total. The second kappa shape index (κ2) is 4.08. The molecule has 3 N–H and O–H groups in total. The lowest BCUT2D eigenvalue weighted by molar-refractivity contribution is -0.120. The molecule has 1 fully saturated rings. The second-order valence-corrected chi connectivity index (χ2v) is 5.23. The van der Waals surface area contributed by atoms with Crippen molar-refractivity contribution in [3.63, 3.8) is 0 Å². The van der Waals surface area contributed by atoms with Crippen LogP contribution in [0.5, 0.6) is 0 Å². The van der Waals surface area contributed by atoms with Crippen LogP contribution < -0.4 is 10.6 Å². The summed E-state index contributed by atoms with van der Waals surface area (Å²) < 4.78 is 0. The van der Waals surface area contributed by atoms with E-state index in [1.54, 1.807) is 35.5 Å². The highest BCUT2D eigenvalue weighted by Crippen LogP contribution is 2.32. The lowest BCUT2D eigenvalue weighted by Crippen LogP contribution is -2.40. The van der Waals surface area contributed by atoms with Gasteiger partial charge in [-0.1, -0.05) is 6.07 Å². The molecule has 0 aliphatic carbocycles. The van der Waals surface area contributed by atoms with Gasteiger partial charge in [-0.2, -0.15) is 0 Å². The fourth-order valence-electron chi connectivity index (χ4n) is 2.93. The standard InChI is InChI=1S/C14H13N5O2/c15-8-2-1-3-9(4-8)19-13(20)12-5-10-11(17-7-16-10)6-18(12)14(19)21/h1-4,7,12H,5-6,15H2,(H,16,17). The SMILES string of the molecule is Nc1cccc(N2C(=O)C3Cc4nc[nH]c4CN3C2=O)c1. The molecular formula is C14H13N5O2. The molecule has 1 atom stereocenters. The maximum absolute atomic E-state index is 12.6. The number of benzene rings is 1. The van der Waals surface area contributed by atoms with Crippen molar-refractivity contribution in [1.82, 2.24) is 14.9 Å². The molecule has 1 aromatic heterocycles. The van der Waals surface area contributed by atoms with Crippen molar-refractivity contribution in [2.45, 2.75) is 19.0 Å². The van der Waals surface area contributed by atoms with E-state index >= 15 is 0 Å². The first-order valence-electron chi connectivity index (χ1n) is 6.66. The van der Waals surface area contributed by atoms with E-state index in [1.807, 2.05) is 0 Å². The van der Waals surface area contributed by atoms with E-state index in [9.17, 15) is 9.59 Å². The average molecular weight is 283 g/mol. The van der Waals surface area contributed by atoms with E-state index < -0.39 is 6.04 Å². The van der Waals surface area contributed by atoms with E-state index in [0.29, 0.717) is 24.3 Å². The lowest BCUT2D eigenvalue weighted by Gasteiger charge is -2.25. The number of nitrogen functional groups attached to an aromatic ring is 1. The van der Waals surface area contributed by atoms with Crippen LogP contribution in [0.2, 0.25) is 0 Å². The van der Waals surface area contributed by atoms with Crippen molar-refractivity contribution in [1.29, 1.82) is 0 Å². The summed E-state index contributed by atoms with van der Waals surface area (Å²) in [5.74, 6) is -0.223. The van der Waals surface area contributed by atoms with Gasteiger partial charge >= 0.3 is 6.03 Å². The number of amides is 3. The molecule has 2 aromatic rings. The third-order valence-electron chi connectivity index (χ3n) is 3.97. The molecule has 1 unspecified atom stereocenters. The number of urea groups is 1. The van der Waals surface area contributed by atoms with Gasteiger partial charge in [0.15, 0.2) is 0 Å². The second-order valence-electron chi connectivity index (χ2n) is 5.23. The van der Waals surface area contributed by atoms with Crippen LogP contribution >= 0.6 is 0 Å². The number of fused-ring (bicyclic) bond motifs is 2. The van der Waals surface area contributed by atoms with Gasteiger partial charge in [0.05, 0.1) is 29.9 Å². The maximum Gasteiger partial charge on any atom is 0.332 e. The largest absolute Gasteiger partial charge is 0.399 e. The molecule has 3 amide bonds. The zero-order valence-corrected chi connectivity index (χ0v) is 11.1. The number of H-pyrrole nitrogens is 1. The van der Waals surface area contributed by atoms with Gasteiger partial charge in [0.1, 0.15) is 6.04 Å². The topological polar surface area (TPSA) is 95.3 Å². The number of anilines is 2. The Balaban J connectivity index is 1.73. The van der Waals surface area contributed by atoms with Gasteiger partial charge in [0, 0.05) is 12.1 Å². The number of aromatic nitrogens is 2. The van der Waals surface area contributed by atoms with Gasteiger partial charge in [-0.25, -0.2) is 14.7 Å². The fourth-order valence-corrected chi connectivity index (χ4v) is 2.93. The molecule has 7 heteroatoms. The fraction of sp³-hybridized carbons (Fsp3) is 0.214. The first-order chi connectivity index (χ1) is 10.1. The maximum atomic E-state index is 12.6. The van der Waals surface area contributed by atoms with Crippen molar-refractivity contribution in [3.05, 3.63) is 42.0 Å². The minimum absolute atomic E-state index is 0.223. The molecule has 0 radical (unpaired) electrons. The van der Waals surface area contributed by atoms with Gasteiger partial charge in [0.25, 0.3) is 5.91 Å². The average Bonchev–Trinajstić information content (AvgIpc) is 3.01. The Kier molecular flexibility index (Phi) is 2.32. The van der Waals surface area contributed by atoms with E-state index in [4.69, 9.17) is 5.73 Å². The van der Waals surface area contributed by atoms with E-state index in [-0.39, 0.29) is 11.9 Å². The van der Waals surface area contributed by atoms with Crippen LogP contribution in [0, 0.1) is 0 Å². The smallest absolute Gasteiger partial charge is 0.332 e. The summed E-state index contributed by atoms with van der Waals surface area (Å²) in [5, 5.41) is 0. The lowest BCUT2D eigenvalue weighted by atomic mass is 10.0. The Morgan fingerprint density at radius 1 is 1.33 bits per heavy atom. The van der Waals surface area contributed by atoms with Gasteiger partial charge in [0.2, 0.25) is 0 Å². The Bertz CT molecular complexity index is 715. The molecule has 3 heterocycles. The van der Waals surface area contributed by atoms with Crippen LogP contribution in [0.1, 0.15) is 11.4 Å². The Morgan fingerprint density at radius 3 is 3.00 bits per heavy atom. The van der Waals surface area contributed by atoms with Crippen LogP contribution in [0.25, 0.3) is 0 Å². The van der Waals surface area contributed by atoms with Gasteiger partial charge < -0.3 is 15.6 Å². The van der Waals surface area contributed by atoms with Crippen LogP contribution in [-0.4, -0.2) is 32.8 Å². The van der Waals surface area contributed by atoms with E-state index in [0.717, 1.165) is 11.4 Å². The number of carbonyl (C=O) groups is 2. The van der Waals surface area contributed by atoms with E-state index in [2.05, 4.69) is 9.97 Å². The summed E-state index contributed by atoms with van der Waals surface area (Å²) in [6.45, 7) is 0.378. The number of hydrogen-bond donors (Lipinski definition) is 2. The monoisotopic (exact) mass is 283 g/mol. The third kappa shape index (κ3) is 1.63. The van der Waals surface area contributed by atoms with Crippen LogP contribution in [0.3, 0.4) is 0 Å². The Hall–Kier alpha value is -2.83. The van der Waals surface area contributed by atoms with Gasteiger partial charge in [-0.15, -0.1) is 0 Å². The highest BCUT2D eigenvalue weighted by molar-refractivity contribution is 6.21. The number of rotatable bonds is 1. The summed E-state index contributed by atoms with van der Waals surface area (Å²) in [5.41, 5.74) is 8.51. The number of imidazole rings is 1. The van der Waals surface area contributed by atoms with Gasteiger partial charge in [-0.05, 0) is 18.2 Å². The summed E-state index contributed by atoms with van der Waals surface area (Å²) in [4.78, 5) is 35.1. The number of nitrogens with zero attached hydrogens (tertiary/aromatic N) is 3. The molecule has 106 valence electrons. The molecule has 21 heavy (non-hydrogen) atoms. The highest BCUT2D eigenvalue weighted by Gasteiger charge is 2.48. The molecular weight excluding hydrogens is 270 g/mol. The zero-order valence-electron chi connectivity index (χ0n) is 11.1. The molecule has 0 bridgehead atoms. The summed E-state index contributed by atoms with van der Waals surface area (Å²) in [7, 11) is 0. The predicted octanol–water partition coefficient (Wildman–Crippen LogP) is 0.885. The first-order valence-corrected chi connectivity index (χ1v) is 6.66. The number of hydrogen-bond acceptors (Lipinski definition) is 4. The molecule has 1 saturated heterocycles. The molecule has 2 aliphatic rings. The summed E-state index contributed by atoms with van der Waals surface area (Å²) in [6.07, 6.45) is 2.04. The molecule has 2 aliphatic heterocycles. The number of imide groups is 1. The highest BCUT2D eigenvalue weighted by atomic mass is 16.2. The third-order valence-corrected chi connectivity index (χ3v) is 3.97. The number of nitrogens with one attached hydrogen (secondary N) is 1. The van der Waals surface area contributed by atoms with Crippen molar-refractivity contribution in [2.24, 2.45) is 0 Å². The summed E-state index contributed by atoms with van der Waals surface area (Å²) in [6, 6.07) is 6.00. The van der Waals surface area contributed by atoms with Crippen LogP contribution in [-0.2, 0) is 17.8 Å². The normalized spacial score (nSPS) is 20.7. The van der Waals surface area contributed by atoms with E-state index in [1.165, 1.54) is 4.90 Å². The Morgan fingerprint density at radius 2 is 2.19 bits per heavy atom. The van der Waals surface area contributed by atoms with Crippen molar-refractivity contribution >= 4 is 23.3 Å². The number of nitrogens with two attached hydrogens (primary N) is 1. The van der Waals surface area contributed by atoms with Gasteiger partial charge in [-0.3, -0.25) is 4.79 Å². The zero-order chi connectivity index (χ0) is 14.6. The number of aromatic amines is 1. The van der Waals surface area contributed by atoms with Crippen molar-refractivity contribution in [3.8, 4) is 0 Å². The predicted molar refractivity (Wildman–Crippen MR) is 75.4 cm³/mol. The van der Waals surface area contributed by atoms with Crippen LogP contribution in [0.15, 0.2) is 30.6 Å². The minimum atomic E-state index is -0.477.